The van der Waals surface area contributed by atoms with Crippen LogP contribution in [-0.4, -0.2) is 28.1 Å². The summed E-state index contributed by atoms with van der Waals surface area (Å²) < 4.78 is 0. The Morgan fingerprint density at radius 1 is 1.53 bits per heavy atom. The van der Waals surface area contributed by atoms with Gasteiger partial charge in [-0.25, -0.2) is 9.97 Å². The van der Waals surface area contributed by atoms with Crippen molar-refractivity contribution in [1.82, 2.24) is 9.97 Å². The first-order valence-corrected chi connectivity index (χ1v) is 6.70. The number of hydrogen-bond acceptors (Lipinski definition) is 4. The van der Waals surface area contributed by atoms with Crippen LogP contribution in [0.25, 0.3) is 0 Å². The molecular formula is C10H16ClN3S. The molecule has 0 amide bonds. The van der Waals surface area contributed by atoms with Crippen LogP contribution in [0.1, 0.15) is 19.8 Å². The summed E-state index contributed by atoms with van der Waals surface area (Å²) in [5.74, 6) is 1.60. The van der Waals surface area contributed by atoms with Crippen molar-refractivity contribution in [2.24, 2.45) is 0 Å². The summed E-state index contributed by atoms with van der Waals surface area (Å²) in [6, 6.07) is 2.36. The Hall–Kier alpha value is -0.480. The minimum atomic E-state index is 0.397. The molecule has 1 aromatic heterocycles. The molecule has 1 heterocycles. The van der Waals surface area contributed by atoms with Gasteiger partial charge >= 0.3 is 0 Å². The van der Waals surface area contributed by atoms with Gasteiger partial charge in [-0.3, -0.25) is 0 Å². The maximum Gasteiger partial charge on any atom is 0.130 e. The summed E-state index contributed by atoms with van der Waals surface area (Å²) >= 11 is 7.26. The van der Waals surface area contributed by atoms with Gasteiger partial charge in [0.05, 0.1) is 0 Å². The molecule has 1 unspecified atom stereocenters. The van der Waals surface area contributed by atoms with E-state index >= 15 is 0 Å². The largest absolute Gasteiger partial charge is 0.367 e. The zero-order valence-corrected chi connectivity index (χ0v) is 10.6. The molecule has 0 saturated carbocycles. The molecular weight excluding hydrogens is 230 g/mol. The normalized spacial score (nSPS) is 12.5. The lowest BCUT2D eigenvalue weighted by atomic mass is 10.2. The molecule has 0 aliphatic heterocycles. The number of alkyl halides is 1. The van der Waals surface area contributed by atoms with Gasteiger partial charge in [0.25, 0.3) is 0 Å². The van der Waals surface area contributed by atoms with E-state index in [1.165, 1.54) is 0 Å². The fourth-order valence-electron chi connectivity index (χ4n) is 1.24. The Morgan fingerprint density at radius 3 is 3.00 bits per heavy atom. The average Bonchev–Trinajstić information content (AvgIpc) is 2.26. The van der Waals surface area contributed by atoms with Crippen LogP contribution < -0.4 is 5.32 Å². The number of aromatic nitrogens is 2. The minimum absolute atomic E-state index is 0.397. The molecule has 0 aromatic carbocycles. The standard InChI is InChI=1S/C10H16ClN3S/c1-8(4-3-5-11)14-9-6-10(15-2)13-7-12-9/h6-8H,3-5H2,1-2H3,(H,12,13,14). The van der Waals surface area contributed by atoms with Crippen LogP contribution in [0, 0.1) is 0 Å². The Morgan fingerprint density at radius 2 is 2.33 bits per heavy atom. The summed E-state index contributed by atoms with van der Waals surface area (Å²) in [6.45, 7) is 2.13. The van der Waals surface area contributed by atoms with Crippen LogP contribution in [0.4, 0.5) is 5.82 Å². The number of halogens is 1. The van der Waals surface area contributed by atoms with E-state index in [4.69, 9.17) is 11.6 Å². The highest BCUT2D eigenvalue weighted by Crippen LogP contribution is 2.15. The predicted molar refractivity (Wildman–Crippen MR) is 66.9 cm³/mol. The smallest absolute Gasteiger partial charge is 0.130 e. The third-order valence-electron chi connectivity index (χ3n) is 2.02. The first kappa shape index (κ1) is 12.6. The van der Waals surface area contributed by atoms with Gasteiger partial charge in [0.15, 0.2) is 0 Å². The predicted octanol–water partition coefficient (Wildman–Crippen LogP) is 3.02. The van der Waals surface area contributed by atoms with Gasteiger partial charge in [0.1, 0.15) is 17.2 Å². The monoisotopic (exact) mass is 245 g/mol. The zero-order valence-electron chi connectivity index (χ0n) is 9.03. The third kappa shape index (κ3) is 4.71. The van der Waals surface area contributed by atoms with Gasteiger partial charge < -0.3 is 5.32 Å². The van der Waals surface area contributed by atoms with Gasteiger partial charge in [-0.1, -0.05) is 0 Å². The highest BCUT2D eigenvalue weighted by molar-refractivity contribution is 7.98. The van der Waals surface area contributed by atoms with Crippen molar-refractivity contribution in [2.45, 2.75) is 30.8 Å². The molecule has 0 saturated heterocycles. The molecule has 5 heteroatoms. The molecule has 84 valence electrons. The van der Waals surface area contributed by atoms with Gasteiger partial charge in [-0.2, -0.15) is 0 Å². The van der Waals surface area contributed by atoms with Crippen LogP contribution in [0.3, 0.4) is 0 Å². The molecule has 1 atom stereocenters. The van der Waals surface area contributed by atoms with Crippen LogP contribution in [0.2, 0.25) is 0 Å². The van der Waals surface area contributed by atoms with Gasteiger partial charge in [0.2, 0.25) is 0 Å². The van der Waals surface area contributed by atoms with E-state index in [0.29, 0.717) is 11.9 Å². The van der Waals surface area contributed by atoms with Gasteiger partial charge in [-0.05, 0) is 26.0 Å². The van der Waals surface area contributed by atoms with Crippen molar-refractivity contribution in [1.29, 1.82) is 0 Å². The lowest BCUT2D eigenvalue weighted by Crippen LogP contribution is -2.16. The number of nitrogens with zero attached hydrogens (tertiary/aromatic N) is 2. The number of rotatable bonds is 6. The van der Waals surface area contributed by atoms with Crippen LogP contribution in [-0.2, 0) is 0 Å². The summed E-state index contributed by atoms with van der Waals surface area (Å²) in [4.78, 5) is 8.28. The van der Waals surface area contributed by atoms with E-state index in [-0.39, 0.29) is 0 Å². The molecule has 0 spiro atoms. The second-order valence-corrected chi connectivity index (χ2v) is 4.53. The molecule has 0 aliphatic rings. The fourth-order valence-corrected chi connectivity index (χ4v) is 1.77. The van der Waals surface area contributed by atoms with E-state index in [2.05, 4.69) is 22.2 Å². The first-order valence-electron chi connectivity index (χ1n) is 4.94. The van der Waals surface area contributed by atoms with E-state index < -0.39 is 0 Å². The topological polar surface area (TPSA) is 37.8 Å². The lowest BCUT2D eigenvalue weighted by Gasteiger charge is -2.13. The molecule has 0 aliphatic carbocycles. The molecule has 1 N–H and O–H groups in total. The maximum atomic E-state index is 5.64. The molecule has 0 bridgehead atoms. The van der Waals surface area contributed by atoms with Crippen molar-refractivity contribution >= 4 is 29.2 Å². The summed E-state index contributed by atoms with van der Waals surface area (Å²) in [6.07, 6.45) is 5.67. The van der Waals surface area contributed by atoms with Crippen LogP contribution >= 0.6 is 23.4 Å². The highest BCUT2D eigenvalue weighted by Gasteiger charge is 2.03. The summed E-state index contributed by atoms with van der Waals surface area (Å²) in [5.41, 5.74) is 0. The SMILES string of the molecule is CSc1cc(NC(C)CCCCl)ncn1. The van der Waals surface area contributed by atoms with Crippen molar-refractivity contribution in [3.8, 4) is 0 Å². The van der Waals surface area contributed by atoms with E-state index in [9.17, 15) is 0 Å². The second kappa shape index (κ2) is 6.90. The van der Waals surface area contributed by atoms with Crippen LogP contribution in [0.5, 0.6) is 0 Å². The quantitative estimate of drug-likeness (QED) is 0.475. The number of hydrogen-bond donors (Lipinski definition) is 1. The molecule has 1 rings (SSSR count). The Bertz CT molecular complexity index is 296. The summed E-state index contributed by atoms with van der Waals surface area (Å²) in [7, 11) is 0. The van der Waals surface area contributed by atoms with E-state index in [0.717, 1.165) is 23.7 Å². The minimum Gasteiger partial charge on any atom is -0.367 e. The van der Waals surface area contributed by atoms with Crippen LogP contribution in [0.15, 0.2) is 17.4 Å². The molecule has 1 aromatic rings. The van der Waals surface area contributed by atoms with Gasteiger partial charge in [-0.15, -0.1) is 23.4 Å². The van der Waals surface area contributed by atoms with Crippen molar-refractivity contribution in [3.05, 3.63) is 12.4 Å². The lowest BCUT2D eigenvalue weighted by molar-refractivity contribution is 0.689. The molecule has 3 nitrogen and oxygen atoms in total. The van der Waals surface area contributed by atoms with E-state index in [1.807, 2.05) is 12.3 Å². The number of thioether (sulfide) groups is 1. The molecule has 0 radical (unpaired) electrons. The fraction of sp³-hybridized carbons (Fsp3) is 0.600. The van der Waals surface area contributed by atoms with Crippen molar-refractivity contribution < 1.29 is 0 Å². The summed E-state index contributed by atoms with van der Waals surface area (Å²) in [5, 5.41) is 4.31. The second-order valence-electron chi connectivity index (χ2n) is 3.32. The highest BCUT2D eigenvalue weighted by atomic mass is 35.5. The van der Waals surface area contributed by atoms with Crippen molar-refractivity contribution in [2.75, 3.05) is 17.5 Å². The van der Waals surface area contributed by atoms with E-state index in [1.54, 1.807) is 18.1 Å². The van der Waals surface area contributed by atoms with Gasteiger partial charge in [0, 0.05) is 18.0 Å². The average molecular weight is 246 g/mol. The third-order valence-corrected chi connectivity index (χ3v) is 2.92. The first-order chi connectivity index (χ1) is 7.26. The zero-order chi connectivity index (χ0) is 11.1. The molecule has 0 fully saturated rings. The Labute approximate surface area is 100 Å². The van der Waals surface area contributed by atoms with Crippen molar-refractivity contribution in [3.63, 3.8) is 0 Å². The molecule has 15 heavy (non-hydrogen) atoms. The Balaban J connectivity index is 2.48. The number of nitrogens with one attached hydrogen (secondary N) is 1. The number of anilines is 1. The Kier molecular flexibility index (Phi) is 5.79. The maximum absolute atomic E-state index is 5.64.